The first kappa shape index (κ1) is 22.7. The van der Waals surface area contributed by atoms with Gasteiger partial charge < -0.3 is 20.1 Å². The van der Waals surface area contributed by atoms with Crippen LogP contribution in [0.25, 0.3) is 10.9 Å². The van der Waals surface area contributed by atoms with Crippen molar-refractivity contribution in [1.29, 1.82) is 0 Å². The third-order valence-electron chi connectivity index (χ3n) is 5.46. The fraction of sp³-hybridized carbons (Fsp3) is 0.320. The number of aryl methyl sites for hydroxylation is 1. The van der Waals surface area contributed by atoms with Crippen molar-refractivity contribution in [2.45, 2.75) is 19.6 Å². The molecule has 1 fully saturated rings. The molecule has 0 saturated carbocycles. The predicted molar refractivity (Wildman–Crippen MR) is 129 cm³/mol. The molecule has 172 valence electrons. The Kier molecular flexibility index (Phi) is 7.49. The molecule has 0 aliphatic carbocycles. The van der Waals surface area contributed by atoms with Gasteiger partial charge in [-0.3, -0.25) is 9.69 Å². The van der Waals surface area contributed by atoms with Crippen LogP contribution in [-0.4, -0.2) is 59.9 Å². The van der Waals surface area contributed by atoms with E-state index < -0.39 is 0 Å². The number of rotatable bonds is 9. The van der Waals surface area contributed by atoms with E-state index in [-0.39, 0.29) is 12.1 Å². The fourth-order valence-corrected chi connectivity index (χ4v) is 3.74. The summed E-state index contributed by atoms with van der Waals surface area (Å²) in [6, 6.07) is 13.6. The first-order valence-corrected chi connectivity index (χ1v) is 11.1. The molecule has 2 N–H and O–H groups in total. The Morgan fingerprint density at radius 1 is 1.21 bits per heavy atom. The Balaban J connectivity index is 1.57. The number of hydrogen-bond donors (Lipinski definition) is 2. The van der Waals surface area contributed by atoms with Crippen LogP contribution < -0.4 is 15.4 Å². The maximum Gasteiger partial charge on any atom is 0.247 e. The van der Waals surface area contributed by atoms with Gasteiger partial charge in [-0.2, -0.15) is 0 Å². The Morgan fingerprint density at radius 3 is 2.85 bits per heavy atom. The number of nitrogens with one attached hydrogen (secondary N) is 2. The summed E-state index contributed by atoms with van der Waals surface area (Å²) in [5.74, 6) is 0.181. The van der Waals surface area contributed by atoms with Gasteiger partial charge in [0, 0.05) is 37.4 Å². The summed E-state index contributed by atoms with van der Waals surface area (Å²) in [6.07, 6.45) is 3.17. The molecule has 1 aliphatic rings. The van der Waals surface area contributed by atoms with Crippen molar-refractivity contribution in [3.05, 3.63) is 67.0 Å². The number of carbonyl (C=O) groups is 1. The SMILES string of the molecule is C=CC(=O)Nc1ccc2ncnc(OC(CCN3CCOCC3)Nc3cccc(C)c3)c2c1. The first-order chi connectivity index (χ1) is 16.1. The molecule has 2 heterocycles. The molecule has 0 radical (unpaired) electrons. The van der Waals surface area contributed by atoms with Gasteiger partial charge in [0.2, 0.25) is 11.8 Å². The zero-order valence-corrected chi connectivity index (χ0v) is 18.8. The number of morpholine rings is 1. The van der Waals surface area contributed by atoms with Crippen molar-refractivity contribution in [2.75, 3.05) is 43.5 Å². The summed E-state index contributed by atoms with van der Waals surface area (Å²) in [5.41, 5.74) is 3.52. The van der Waals surface area contributed by atoms with E-state index in [0.717, 1.165) is 55.9 Å². The molecule has 3 aromatic rings. The van der Waals surface area contributed by atoms with Gasteiger partial charge in [-0.1, -0.05) is 18.7 Å². The second-order valence-electron chi connectivity index (χ2n) is 7.97. The summed E-state index contributed by atoms with van der Waals surface area (Å²) in [5, 5.41) is 7.01. The number of amides is 1. The van der Waals surface area contributed by atoms with Crippen molar-refractivity contribution in [3.63, 3.8) is 0 Å². The van der Waals surface area contributed by atoms with Crippen molar-refractivity contribution >= 4 is 28.2 Å². The zero-order valence-electron chi connectivity index (χ0n) is 18.8. The number of anilines is 2. The summed E-state index contributed by atoms with van der Waals surface area (Å²) < 4.78 is 11.9. The smallest absolute Gasteiger partial charge is 0.247 e. The second-order valence-corrected chi connectivity index (χ2v) is 7.97. The molecule has 0 spiro atoms. The highest BCUT2D eigenvalue weighted by molar-refractivity contribution is 6.00. The lowest BCUT2D eigenvalue weighted by atomic mass is 10.2. The monoisotopic (exact) mass is 447 g/mol. The Hall–Kier alpha value is -3.49. The quantitative estimate of drug-likeness (QED) is 0.383. The molecule has 2 aromatic carbocycles. The number of hydrogen-bond acceptors (Lipinski definition) is 7. The number of carbonyl (C=O) groups excluding carboxylic acids is 1. The van der Waals surface area contributed by atoms with E-state index in [1.807, 2.05) is 24.3 Å². The topological polar surface area (TPSA) is 88.6 Å². The zero-order chi connectivity index (χ0) is 23.0. The maximum absolute atomic E-state index is 11.7. The highest BCUT2D eigenvalue weighted by Crippen LogP contribution is 2.26. The van der Waals surface area contributed by atoms with Gasteiger partial charge in [0.15, 0.2) is 6.23 Å². The van der Waals surface area contributed by atoms with Crippen molar-refractivity contribution in [2.24, 2.45) is 0 Å². The summed E-state index contributed by atoms with van der Waals surface area (Å²) in [4.78, 5) is 22.8. The molecule has 33 heavy (non-hydrogen) atoms. The normalized spacial score (nSPS) is 15.1. The Labute approximate surface area is 193 Å². The van der Waals surface area contributed by atoms with E-state index in [4.69, 9.17) is 9.47 Å². The molecule has 1 saturated heterocycles. The van der Waals surface area contributed by atoms with Crippen molar-refractivity contribution in [3.8, 4) is 5.88 Å². The van der Waals surface area contributed by atoms with E-state index in [1.54, 1.807) is 6.07 Å². The molecule has 1 aliphatic heterocycles. The van der Waals surface area contributed by atoms with Crippen LogP contribution in [0, 0.1) is 6.92 Å². The van der Waals surface area contributed by atoms with Gasteiger partial charge in [0.25, 0.3) is 0 Å². The minimum atomic E-state index is -0.306. The lowest BCUT2D eigenvalue weighted by Gasteiger charge is -2.29. The van der Waals surface area contributed by atoms with Crippen LogP contribution in [0.15, 0.2) is 61.4 Å². The predicted octanol–water partition coefficient (Wildman–Crippen LogP) is 3.60. The number of nitrogens with zero attached hydrogens (tertiary/aromatic N) is 3. The molecule has 8 heteroatoms. The second kappa shape index (κ2) is 10.9. The van der Waals surface area contributed by atoms with E-state index in [0.29, 0.717) is 11.6 Å². The molecule has 1 atom stereocenters. The first-order valence-electron chi connectivity index (χ1n) is 11.1. The van der Waals surface area contributed by atoms with Crippen LogP contribution in [0.4, 0.5) is 11.4 Å². The highest BCUT2D eigenvalue weighted by Gasteiger charge is 2.18. The molecule has 1 amide bonds. The number of fused-ring (bicyclic) bond motifs is 1. The molecule has 0 bridgehead atoms. The average molecular weight is 448 g/mol. The standard InChI is InChI=1S/C25H29N5O3/c1-3-23(31)28-20-7-8-22-21(16-20)25(27-17-26-22)33-24(9-10-30-11-13-32-14-12-30)29-19-6-4-5-18(2)15-19/h3-8,15-17,24,29H,1,9-14H2,2H3,(H,28,31). The summed E-state index contributed by atoms with van der Waals surface area (Å²) in [7, 11) is 0. The van der Waals surface area contributed by atoms with Crippen LogP contribution in [0.3, 0.4) is 0 Å². The molecule has 1 aromatic heterocycles. The minimum absolute atomic E-state index is 0.279. The lowest BCUT2D eigenvalue weighted by Crippen LogP contribution is -2.39. The van der Waals surface area contributed by atoms with Gasteiger partial charge in [-0.25, -0.2) is 9.97 Å². The van der Waals surface area contributed by atoms with Crippen LogP contribution in [0.1, 0.15) is 12.0 Å². The van der Waals surface area contributed by atoms with Crippen molar-refractivity contribution in [1.82, 2.24) is 14.9 Å². The van der Waals surface area contributed by atoms with Gasteiger partial charge >= 0.3 is 0 Å². The maximum atomic E-state index is 11.7. The van der Waals surface area contributed by atoms with Crippen LogP contribution >= 0.6 is 0 Å². The third kappa shape index (κ3) is 6.27. The molecule has 4 rings (SSSR count). The molecule has 8 nitrogen and oxygen atoms in total. The highest BCUT2D eigenvalue weighted by atomic mass is 16.5. The van der Waals surface area contributed by atoms with Gasteiger partial charge in [-0.05, 0) is 48.9 Å². The third-order valence-corrected chi connectivity index (χ3v) is 5.46. The van der Waals surface area contributed by atoms with Crippen LogP contribution in [0.2, 0.25) is 0 Å². The van der Waals surface area contributed by atoms with Crippen LogP contribution in [-0.2, 0) is 9.53 Å². The fourth-order valence-electron chi connectivity index (χ4n) is 3.74. The average Bonchev–Trinajstić information content (AvgIpc) is 2.83. The van der Waals surface area contributed by atoms with E-state index >= 15 is 0 Å². The Morgan fingerprint density at radius 2 is 2.06 bits per heavy atom. The molecular formula is C25H29N5O3. The number of aromatic nitrogens is 2. The van der Waals surface area contributed by atoms with Gasteiger partial charge in [-0.15, -0.1) is 0 Å². The van der Waals surface area contributed by atoms with Gasteiger partial charge in [0.1, 0.15) is 6.33 Å². The molecular weight excluding hydrogens is 418 g/mol. The largest absolute Gasteiger partial charge is 0.453 e. The number of ether oxygens (including phenoxy) is 2. The van der Waals surface area contributed by atoms with Crippen molar-refractivity contribution < 1.29 is 14.3 Å². The van der Waals surface area contributed by atoms with E-state index in [2.05, 4.69) is 51.1 Å². The van der Waals surface area contributed by atoms with Crippen LogP contribution in [0.5, 0.6) is 5.88 Å². The van der Waals surface area contributed by atoms with Gasteiger partial charge in [0.05, 0.1) is 24.1 Å². The number of benzene rings is 2. The van der Waals surface area contributed by atoms with E-state index in [9.17, 15) is 4.79 Å². The summed E-state index contributed by atoms with van der Waals surface area (Å²) >= 11 is 0. The van der Waals surface area contributed by atoms with E-state index in [1.165, 1.54) is 18.0 Å². The lowest BCUT2D eigenvalue weighted by molar-refractivity contribution is -0.111. The summed E-state index contributed by atoms with van der Waals surface area (Å²) in [6.45, 7) is 9.78. The Bertz CT molecular complexity index is 1110. The minimum Gasteiger partial charge on any atom is -0.453 e. The molecule has 1 unspecified atom stereocenters.